The summed E-state index contributed by atoms with van der Waals surface area (Å²) in [5, 5.41) is 3.40. The molecule has 0 radical (unpaired) electrons. The molecule has 0 bridgehead atoms. The molecule has 2 aliphatic rings. The highest BCUT2D eigenvalue weighted by Gasteiger charge is 2.46. The van der Waals surface area contributed by atoms with Gasteiger partial charge in [0, 0.05) is 30.3 Å². The summed E-state index contributed by atoms with van der Waals surface area (Å²) in [4.78, 5) is 15.9. The van der Waals surface area contributed by atoms with Crippen molar-refractivity contribution in [1.82, 2.24) is 10.2 Å². The first-order chi connectivity index (χ1) is 9.75. The number of fused-ring (bicyclic) bond motifs is 1. The van der Waals surface area contributed by atoms with Gasteiger partial charge in [-0.2, -0.15) is 0 Å². The van der Waals surface area contributed by atoms with Crippen molar-refractivity contribution >= 4 is 17.7 Å². The number of carbonyl (C=O) groups excluding carboxylic acids is 1. The van der Waals surface area contributed by atoms with Gasteiger partial charge in [-0.3, -0.25) is 9.69 Å². The highest BCUT2D eigenvalue weighted by atomic mass is 32.2. The van der Waals surface area contributed by atoms with Crippen LogP contribution in [0.2, 0.25) is 0 Å². The molecule has 20 heavy (non-hydrogen) atoms. The van der Waals surface area contributed by atoms with E-state index in [1.165, 1.54) is 4.90 Å². The zero-order valence-electron chi connectivity index (χ0n) is 11.6. The third-order valence-electron chi connectivity index (χ3n) is 4.34. The molecule has 0 spiro atoms. The Labute approximate surface area is 124 Å². The number of thioether (sulfide) groups is 1. The van der Waals surface area contributed by atoms with Crippen LogP contribution in [0.3, 0.4) is 0 Å². The fourth-order valence-electron chi connectivity index (χ4n) is 3.35. The van der Waals surface area contributed by atoms with Crippen molar-refractivity contribution in [1.29, 1.82) is 0 Å². The van der Waals surface area contributed by atoms with E-state index in [2.05, 4.69) is 22.3 Å². The lowest BCUT2D eigenvalue weighted by Crippen LogP contribution is -2.57. The fraction of sp³-hybridized carbons (Fsp3) is 0.533. The fourth-order valence-corrected chi connectivity index (χ4v) is 4.53. The van der Waals surface area contributed by atoms with E-state index in [1.807, 2.05) is 23.9 Å². The predicted molar refractivity (Wildman–Crippen MR) is 81.7 cm³/mol. The van der Waals surface area contributed by atoms with Crippen molar-refractivity contribution in [3.8, 4) is 0 Å². The van der Waals surface area contributed by atoms with Gasteiger partial charge in [-0.05, 0) is 31.0 Å². The molecule has 1 fully saturated rings. The summed E-state index contributed by atoms with van der Waals surface area (Å²) >= 11 is 1.83. The molecule has 4 nitrogen and oxygen atoms in total. The summed E-state index contributed by atoms with van der Waals surface area (Å²) in [5.41, 5.74) is 6.37. The van der Waals surface area contributed by atoms with E-state index < -0.39 is 5.54 Å². The molecular formula is C15H21N3OS. The summed E-state index contributed by atoms with van der Waals surface area (Å²) < 4.78 is 0. The number of nitrogens with two attached hydrogens (primary N) is 1. The van der Waals surface area contributed by atoms with Crippen LogP contribution in [0.5, 0.6) is 0 Å². The van der Waals surface area contributed by atoms with Crippen LogP contribution in [-0.4, -0.2) is 42.7 Å². The standard InChI is InChI=1S/C15H21N3OS/c16-14(19)15(18-9-3-7-17-8-10-18)6-11-20-13-5-2-1-4-12(13)15/h1-2,4-5,17H,3,6-11H2,(H2,16,19). The Hall–Kier alpha value is -1.04. The first kappa shape index (κ1) is 13.9. The SMILES string of the molecule is NC(=O)C1(N2CCCNCC2)CCSc2ccccc21. The molecule has 1 atom stereocenters. The normalized spacial score (nSPS) is 27.6. The maximum atomic E-state index is 12.4. The molecule has 0 saturated carbocycles. The third kappa shape index (κ3) is 2.24. The average Bonchev–Trinajstić information content (AvgIpc) is 2.75. The molecule has 2 heterocycles. The van der Waals surface area contributed by atoms with Gasteiger partial charge in [0.15, 0.2) is 0 Å². The van der Waals surface area contributed by atoms with Gasteiger partial charge in [0.05, 0.1) is 0 Å². The lowest BCUT2D eigenvalue weighted by molar-refractivity contribution is -0.131. The quantitative estimate of drug-likeness (QED) is 0.858. The minimum absolute atomic E-state index is 0.202. The minimum Gasteiger partial charge on any atom is -0.368 e. The number of nitrogens with one attached hydrogen (secondary N) is 1. The Balaban J connectivity index is 2.06. The molecule has 2 aliphatic heterocycles. The third-order valence-corrected chi connectivity index (χ3v) is 5.42. The topological polar surface area (TPSA) is 58.4 Å². The van der Waals surface area contributed by atoms with Crippen LogP contribution in [0.15, 0.2) is 29.2 Å². The van der Waals surface area contributed by atoms with E-state index in [0.29, 0.717) is 0 Å². The molecule has 1 aromatic rings. The van der Waals surface area contributed by atoms with E-state index in [0.717, 1.165) is 50.3 Å². The summed E-state index contributed by atoms with van der Waals surface area (Å²) in [5.74, 6) is 0.747. The number of benzene rings is 1. The van der Waals surface area contributed by atoms with E-state index in [4.69, 9.17) is 5.73 Å². The maximum absolute atomic E-state index is 12.4. The summed E-state index contributed by atoms with van der Waals surface area (Å²) in [7, 11) is 0. The van der Waals surface area contributed by atoms with Gasteiger partial charge in [0.2, 0.25) is 5.91 Å². The smallest absolute Gasteiger partial charge is 0.242 e. The highest BCUT2D eigenvalue weighted by molar-refractivity contribution is 7.99. The van der Waals surface area contributed by atoms with Gasteiger partial charge in [-0.15, -0.1) is 11.8 Å². The predicted octanol–water partition coefficient (Wildman–Crippen LogP) is 1.16. The Bertz CT molecular complexity index is 500. The second-order valence-corrected chi connectivity index (χ2v) is 6.55. The van der Waals surface area contributed by atoms with Crippen LogP contribution in [-0.2, 0) is 10.3 Å². The van der Waals surface area contributed by atoms with Crippen LogP contribution >= 0.6 is 11.8 Å². The number of hydrogen-bond acceptors (Lipinski definition) is 4. The largest absolute Gasteiger partial charge is 0.368 e. The molecule has 1 amide bonds. The number of hydrogen-bond donors (Lipinski definition) is 2. The Morgan fingerprint density at radius 3 is 3.00 bits per heavy atom. The van der Waals surface area contributed by atoms with Crippen LogP contribution in [0.4, 0.5) is 0 Å². The first-order valence-electron chi connectivity index (χ1n) is 7.23. The van der Waals surface area contributed by atoms with E-state index in [1.54, 1.807) is 0 Å². The summed E-state index contributed by atoms with van der Waals surface area (Å²) in [6.45, 7) is 3.74. The van der Waals surface area contributed by atoms with E-state index in [-0.39, 0.29) is 5.91 Å². The Morgan fingerprint density at radius 1 is 1.30 bits per heavy atom. The van der Waals surface area contributed by atoms with Gasteiger partial charge in [-0.1, -0.05) is 18.2 Å². The van der Waals surface area contributed by atoms with Crippen LogP contribution < -0.4 is 11.1 Å². The molecule has 3 N–H and O–H groups in total. The molecule has 108 valence electrons. The van der Waals surface area contributed by atoms with Crippen molar-refractivity contribution in [2.24, 2.45) is 5.73 Å². The molecule has 0 aliphatic carbocycles. The van der Waals surface area contributed by atoms with E-state index >= 15 is 0 Å². The maximum Gasteiger partial charge on any atom is 0.242 e. The number of nitrogens with zero attached hydrogens (tertiary/aromatic N) is 1. The van der Waals surface area contributed by atoms with Gasteiger partial charge < -0.3 is 11.1 Å². The Kier molecular flexibility index (Phi) is 4.01. The number of rotatable bonds is 2. The van der Waals surface area contributed by atoms with Gasteiger partial charge in [0.1, 0.15) is 5.54 Å². The van der Waals surface area contributed by atoms with E-state index in [9.17, 15) is 4.79 Å². The van der Waals surface area contributed by atoms with Crippen molar-refractivity contribution in [3.63, 3.8) is 0 Å². The monoisotopic (exact) mass is 291 g/mol. The minimum atomic E-state index is -0.617. The van der Waals surface area contributed by atoms with Crippen molar-refractivity contribution in [2.75, 3.05) is 31.9 Å². The molecule has 0 aromatic heterocycles. The molecule has 3 rings (SSSR count). The second-order valence-electron chi connectivity index (χ2n) is 5.41. The highest BCUT2D eigenvalue weighted by Crippen LogP contribution is 2.44. The number of amides is 1. The van der Waals surface area contributed by atoms with Gasteiger partial charge >= 0.3 is 0 Å². The van der Waals surface area contributed by atoms with Crippen molar-refractivity contribution < 1.29 is 4.79 Å². The van der Waals surface area contributed by atoms with Crippen LogP contribution in [0.25, 0.3) is 0 Å². The summed E-state index contributed by atoms with van der Waals surface area (Å²) in [6, 6.07) is 8.23. The van der Waals surface area contributed by atoms with Crippen molar-refractivity contribution in [2.45, 2.75) is 23.3 Å². The molecule has 1 aromatic carbocycles. The lowest BCUT2D eigenvalue weighted by Gasteiger charge is -2.44. The molecule has 1 unspecified atom stereocenters. The molecule has 5 heteroatoms. The average molecular weight is 291 g/mol. The number of primary amides is 1. The second kappa shape index (κ2) is 5.76. The van der Waals surface area contributed by atoms with Crippen LogP contribution in [0.1, 0.15) is 18.4 Å². The zero-order chi connectivity index (χ0) is 14.0. The summed E-state index contributed by atoms with van der Waals surface area (Å²) in [6.07, 6.45) is 1.87. The van der Waals surface area contributed by atoms with Gasteiger partial charge in [-0.25, -0.2) is 0 Å². The Morgan fingerprint density at radius 2 is 2.15 bits per heavy atom. The van der Waals surface area contributed by atoms with Gasteiger partial charge in [0.25, 0.3) is 0 Å². The molecule has 1 saturated heterocycles. The lowest BCUT2D eigenvalue weighted by atomic mass is 9.83. The van der Waals surface area contributed by atoms with Crippen molar-refractivity contribution in [3.05, 3.63) is 29.8 Å². The van der Waals surface area contributed by atoms with Crippen LogP contribution in [0, 0.1) is 0 Å². The number of carbonyl (C=O) groups is 1. The first-order valence-corrected chi connectivity index (χ1v) is 8.22. The molecular weight excluding hydrogens is 270 g/mol. The zero-order valence-corrected chi connectivity index (χ0v) is 12.4.